The molecular weight excluding hydrogens is 268 g/mol. The first-order chi connectivity index (χ1) is 9.83. The van der Waals surface area contributed by atoms with Crippen LogP contribution in [0.4, 0.5) is 0 Å². The highest BCUT2D eigenvalue weighted by atomic mass is 32.1. The van der Waals surface area contributed by atoms with Gasteiger partial charge in [0.25, 0.3) is 0 Å². The topological polar surface area (TPSA) is 42.0 Å². The molecular formula is C16H18N2OS. The van der Waals surface area contributed by atoms with Crippen LogP contribution in [0.25, 0.3) is 10.6 Å². The lowest BCUT2D eigenvalue weighted by Crippen LogP contribution is -2.28. The number of carbonyl (C=O) groups is 1. The second-order valence-electron chi connectivity index (χ2n) is 5.23. The van der Waals surface area contributed by atoms with Crippen LogP contribution >= 0.6 is 11.3 Å². The van der Waals surface area contributed by atoms with Crippen molar-refractivity contribution in [2.45, 2.75) is 32.2 Å². The van der Waals surface area contributed by atoms with Crippen molar-refractivity contribution in [3.05, 3.63) is 41.4 Å². The molecule has 3 nitrogen and oxygen atoms in total. The Morgan fingerprint density at radius 1 is 1.35 bits per heavy atom. The van der Waals surface area contributed by atoms with E-state index in [1.807, 2.05) is 23.7 Å². The molecule has 0 aliphatic heterocycles. The maximum Gasteiger partial charge on any atom is 0.223 e. The van der Waals surface area contributed by atoms with E-state index < -0.39 is 0 Å². The van der Waals surface area contributed by atoms with Crippen LogP contribution < -0.4 is 5.32 Å². The summed E-state index contributed by atoms with van der Waals surface area (Å²) < 4.78 is 0. The van der Waals surface area contributed by atoms with Crippen molar-refractivity contribution in [1.82, 2.24) is 10.3 Å². The summed E-state index contributed by atoms with van der Waals surface area (Å²) in [6.07, 6.45) is 6.28. The van der Waals surface area contributed by atoms with Gasteiger partial charge < -0.3 is 5.32 Å². The molecule has 1 aliphatic rings. The van der Waals surface area contributed by atoms with Gasteiger partial charge in [-0.3, -0.25) is 9.78 Å². The molecule has 3 rings (SSSR count). The summed E-state index contributed by atoms with van der Waals surface area (Å²) in [5.74, 6) is 0.436. The third-order valence-corrected chi connectivity index (χ3v) is 4.68. The van der Waals surface area contributed by atoms with Crippen molar-refractivity contribution in [1.29, 1.82) is 0 Å². The minimum atomic E-state index is 0.206. The summed E-state index contributed by atoms with van der Waals surface area (Å²) >= 11 is 1.68. The van der Waals surface area contributed by atoms with Crippen LogP contribution in [0.3, 0.4) is 0 Å². The molecule has 0 radical (unpaired) electrons. The molecule has 20 heavy (non-hydrogen) atoms. The van der Waals surface area contributed by atoms with Crippen molar-refractivity contribution in [3.8, 4) is 10.6 Å². The van der Waals surface area contributed by atoms with Gasteiger partial charge in [-0.1, -0.05) is 18.9 Å². The van der Waals surface area contributed by atoms with Gasteiger partial charge >= 0.3 is 0 Å². The molecule has 0 bridgehead atoms. The monoisotopic (exact) mass is 286 g/mol. The first-order valence-electron chi connectivity index (χ1n) is 7.09. The number of nitrogens with zero attached hydrogens (tertiary/aromatic N) is 1. The Kier molecular flexibility index (Phi) is 4.11. The highest BCUT2D eigenvalue weighted by molar-refractivity contribution is 7.13. The number of hydrogen-bond donors (Lipinski definition) is 1. The van der Waals surface area contributed by atoms with Gasteiger partial charge in [0.1, 0.15) is 0 Å². The van der Waals surface area contributed by atoms with Crippen molar-refractivity contribution in [2.75, 3.05) is 0 Å². The van der Waals surface area contributed by atoms with Gasteiger partial charge in [-0.15, -0.1) is 11.3 Å². The second kappa shape index (κ2) is 6.18. The molecule has 0 unspecified atom stereocenters. The van der Waals surface area contributed by atoms with E-state index in [4.69, 9.17) is 0 Å². The van der Waals surface area contributed by atoms with Crippen LogP contribution in [-0.4, -0.2) is 10.9 Å². The Hall–Kier alpha value is -1.68. The van der Waals surface area contributed by atoms with Crippen LogP contribution in [0.5, 0.6) is 0 Å². The number of aromatic nitrogens is 1. The average Bonchev–Trinajstić information content (AvgIpc) is 3.17. The lowest BCUT2D eigenvalue weighted by molar-refractivity contribution is -0.124. The molecule has 0 spiro atoms. The Labute approximate surface area is 123 Å². The van der Waals surface area contributed by atoms with Crippen LogP contribution in [0.15, 0.2) is 35.8 Å². The second-order valence-corrected chi connectivity index (χ2v) is 6.17. The maximum absolute atomic E-state index is 12.0. The molecule has 0 saturated heterocycles. The molecule has 4 heteroatoms. The number of rotatable bonds is 4. The van der Waals surface area contributed by atoms with Gasteiger partial charge in [0.15, 0.2) is 0 Å². The fourth-order valence-corrected chi connectivity index (χ4v) is 3.36. The van der Waals surface area contributed by atoms with Gasteiger partial charge in [0.05, 0.1) is 10.6 Å². The van der Waals surface area contributed by atoms with E-state index in [1.165, 1.54) is 12.8 Å². The summed E-state index contributed by atoms with van der Waals surface area (Å²) in [6.45, 7) is 0.593. The number of hydrogen-bond acceptors (Lipinski definition) is 3. The number of thiophene rings is 1. The van der Waals surface area contributed by atoms with Gasteiger partial charge in [-0.25, -0.2) is 0 Å². The fraction of sp³-hybridized carbons (Fsp3) is 0.375. The zero-order valence-corrected chi connectivity index (χ0v) is 12.2. The molecule has 2 aromatic heterocycles. The molecule has 104 valence electrons. The van der Waals surface area contributed by atoms with E-state index in [-0.39, 0.29) is 11.8 Å². The lowest BCUT2D eigenvalue weighted by atomic mass is 10.1. The molecule has 0 aromatic carbocycles. The van der Waals surface area contributed by atoms with Gasteiger partial charge in [0, 0.05) is 18.7 Å². The predicted octanol–water partition coefficient (Wildman–Crippen LogP) is 3.62. The smallest absolute Gasteiger partial charge is 0.223 e. The van der Waals surface area contributed by atoms with Crippen LogP contribution in [0.1, 0.15) is 31.2 Å². The number of amides is 1. The summed E-state index contributed by atoms with van der Waals surface area (Å²) in [7, 11) is 0. The minimum Gasteiger partial charge on any atom is -0.352 e. The number of pyridine rings is 1. The molecule has 1 N–H and O–H groups in total. The summed E-state index contributed by atoms with van der Waals surface area (Å²) in [6, 6.07) is 8.11. The lowest BCUT2D eigenvalue weighted by Gasteiger charge is -2.10. The molecule has 1 aliphatic carbocycles. The SMILES string of the molecule is O=C(NCc1ccnc(-c2cccs2)c1)C1CCCC1. The average molecular weight is 286 g/mol. The molecule has 2 aromatic rings. The van der Waals surface area contributed by atoms with E-state index >= 15 is 0 Å². The van der Waals surface area contributed by atoms with E-state index in [0.29, 0.717) is 6.54 Å². The van der Waals surface area contributed by atoms with E-state index in [2.05, 4.69) is 22.4 Å². The number of carbonyl (C=O) groups excluding carboxylic acids is 1. The van der Waals surface area contributed by atoms with Crippen molar-refractivity contribution in [2.24, 2.45) is 5.92 Å². The first-order valence-corrected chi connectivity index (χ1v) is 7.97. The maximum atomic E-state index is 12.0. The fourth-order valence-electron chi connectivity index (χ4n) is 2.66. The van der Waals surface area contributed by atoms with Crippen LogP contribution in [-0.2, 0) is 11.3 Å². The standard InChI is InChI=1S/C16H18N2OS/c19-16(13-4-1-2-5-13)18-11-12-7-8-17-14(10-12)15-6-3-9-20-15/h3,6-10,13H,1-2,4-5,11H2,(H,18,19). The van der Waals surface area contributed by atoms with Crippen LogP contribution in [0.2, 0.25) is 0 Å². The molecule has 0 atom stereocenters. The number of nitrogens with one attached hydrogen (secondary N) is 1. The molecule has 1 fully saturated rings. The van der Waals surface area contributed by atoms with E-state index in [9.17, 15) is 4.79 Å². The van der Waals surface area contributed by atoms with Crippen molar-refractivity contribution < 1.29 is 4.79 Å². The normalized spacial score (nSPS) is 15.4. The predicted molar refractivity (Wildman–Crippen MR) is 81.4 cm³/mol. The molecule has 1 amide bonds. The Bertz CT molecular complexity index is 574. The quantitative estimate of drug-likeness (QED) is 0.932. The minimum absolute atomic E-state index is 0.206. The zero-order chi connectivity index (χ0) is 13.8. The van der Waals surface area contributed by atoms with Crippen molar-refractivity contribution >= 4 is 17.2 Å². The molecule has 1 saturated carbocycles. The van der Waals surface area contributed by atoms with Gasteiger partial charge in [0.2, 0.25) is 5.91 Å². The highest BCUT2D eigenvalue weighted by Crippen LogP contribution is 2.25. The van der Waals surface area contributed by atoms with Crippen molar-refractivity contribution in [3.63, 3.8) is 0 Å². The largest absolute Gasteiger partial charge is 0.352 e. The van der Waals surface area contributed by atoms with Gasteiger partial charge in [-0.2, -0.15) is 0 Å². The zero-order valence-electron chi connectivity index (χ0n) is 11.3. The Morgan fingerprint density at radius 3 is 2.95 bits per heavy atom. The van der Waals surface area contributed by atoms with Gasteiger partial charge in [-0.05, 0) is 42.0 Å². The summed E-state index contributed by atoms with van der Waals surface area (Å²) in [5, 5.41) is 5.10. The molecule has 2 heterocycles. The van der Waals surface area contributed by atoms with E-state index in [0.717, 1.165) is 29.0 Å². The summed E-state index contributed by atoms with van der Waals surface area (Å²) in [5.41, 5.74) is 2.09. The van der Waals surface area contributed by atoms with Crippen LogP contribution in [0, 0.1) is 5.92 Å². The Balaban J connectivity index is 1.63. The summed E-state index contributed by atoms with van der Waals surface area (Å²) in [4.78, 5) is 17.6. The highest BCUT2D eigenvalue weighted by Gasteiger charge is 2.22. The first kappa shape index (κ1) is 13.3. The third kappa shape index (κ3) is 3.07. The third-order valence-electron chi connectivity index (χ3n) is 3.79. The van der Waals surface area contributed by atoms with E-state index in [1.54, 1.807) is 11.3 Å². The Morgan fingerprint density at radius 2 is 2.20 bits per heavy atom.